The minimum atomic E-state index is -0.963. The fourth-order valence-corrected chi connectivity index (χ4v) is 2.67. The van der Waals surface area contributed by atoms with E-state index in [1.165, 1.54) is 0 Å². The van der Waals surface area contributed by atoms with Gasteiger partial charge in [0.05, 0.1) is 16.6 Å². The van der Waals surface area contributed by atoms with Crippen LogP contribution < -0.4 is 11.0 Å². The molecule has 3 aromatic rings. The van der Waals surface area contributed by atoms with Crippen LogP contribution in [0, 0.1) is 0 Å². The number of anilines is 1. The molecule has 2 aromatic carbocycles. The molecule has 0 radical (unpaired) electrons. The van der Waals surface area contributed by atoms with Gasteiger partial charge in [-0.3, -0.25) is 0 Å². The third-order valence-electron chi connectivity index (χ3n) is 3.30. The van der Waals surface area contributed by atoms with Gasteiger partial charge in [-0.25, -0.2) is 9.59 Å². The average Bonchev–Trinajstić information content (AvgIpc) is 2.84. The lowest BCUT2D eigenvalue weighted by Crippen LogP contribution is -2.07. The molecule has 0 atom stereocenters. The summed E-state index contributed by atoms with van der Waals surface area (Å²) in [4.78, 5) is 27.8. The molecular formula is C15H12BrN3O3. The maximum absolute atomic E-state index is 11.2. The molecule has 0 unspecified atom stereocenters. The van der Waals surface area contributed by atoms with Gasteiger partial charge in [-0.15, -0.1) is 0 Å². The molecule has 6 nitrogen and oxygen atoms in total. The Morgan fingerprint density at radius 3 is 2.68 bits per heavy atom. The summed E-state index contributed by atoms with van der Waals surface area (Å²) in [5.41, 5.74) is 2.88. The van der Waals surface area contributed by atoms with Gasteiger partial charge in [-0.2, -0.15) is 0 Å². The monoisotopic (exact) mass is 361 g/mol. The van der Waals surface area contributed by atoms with Crippen molar-refractivity contribution in [2.24, 2.45) is 0 Å². The van der Waals surface area contributed by atoms with Crippen molar-refractivity contribution in [3.8, 4) is 0 Å². The van der Waals surface area contributed by atoms with E-state index in [4.69, 9.17) is 0 Å². The zero-order chi connectivity index (χ0) is 15.7. The van der Waals surface area contributed by atoms with E-state index >= 15 is 0 Å². The number of aromatic amines is 2. The van der Waals surface area contributed by atoms with Crippen molar-refractivity contribution in [3.05, 3.63) is 62.5 Å². The summed E-state index contributed by atoms with van der Waals surface area (Å²) in [5.74, 6) is -0.963. The number of hydrogen-bond acceptors (Lipinski definition) is 3. The topological polar surface area (TPSA) is 98.0 Å². The Kier molecular flexibility index (Phi) is 3.72. The number of nitrogens with one attached hydrogen (secondary N) is 3. The van der Waals surface area contributed by atoms with Crippen molar-refractivity contribution in [1.29, 1.82) is 0 Å². The minimum Gasteiger partial charge on any atom is -0.478 e. The fourth-order valence-electron chi connectivity index (χ4n) is 2.26. The Bertz CT molecular complexity index is 914. The third-order valence-corrected chi connectivity index (χ3v) is 3.79. The van der Waals surface area contributed by atoms with Crippen LogP contribution in [0.25, 0.3) is 11.0 Å². The van der Waals surface area contributed by atoms with E-state index in [1.807, 2.05) is 6.07 Å². The molecule has 3 rings (SSSR count). The molecule has 0 fully saturated rings. The van der Waals surface area contributed by atoms with Gasteiger partial charge < -0.3 is 20.4 Å². The maximum Gasteiger partial charge on any atom is 0.336 e. The van der Waals surface area contributed by atoms with Gasteiger partial charge >= 0.3 is 11.7 Å². The molecule has 0 saturated heterocycles. The molecule has 1 heterocycles. The van der Waals surface area contributed by atoms with Gasteiger partial charge in [0, 0.05) is 16.7 Å². The van der Waals surface area contributed by atoms with Crippen molar-refractivity contribution in [1.82, 2.24) is 9.97 Å². The van der Waals surface area contributed by atoms with Gasteiger partial charge in [0.2, 0.25) is 0 Å². The SMILES string of the molecule is O=C(O)c1ccc(Br)cc1CNc1ccc2[nH]c(=O)[nH]c2c1. The van der Waals surface area contributed by atoms with Crippen molar-refractivity contribution in [3.63, 3.8) is 0 Å². The molecule has 0 aliphatic carbocycles. The van der Waals surface area contributed by atoms with Gasteiger partial charge in [-0.05, 0) is 42.0 Å². The predicted molar refractivity (Wildman–Crippen MR) is 87.3 cm³/mol. The molecule has 0 bridgehead atoms. The maximum atomic E-state index is 11.2. The lowest BCUT2D eigenvalue weighted by molar-refractivity contribution is 0.0696. The number of carboxylic acid groups (broad SMARTS) is 1. The summed E-state index contributed by atoms with van der Waals surface area (Å²) in [6.07, 6.45) is 0. The second-order valence-electron chi connectivity index (χ2n) is 4.80. The van der Waals surface area contributed by atoms with Crippen LogP contribution in [0.1, 0.15) is 15.9 Å². The summed E-state index contributed by atoms with van der Waals surface area (Å²) in [6.45, 7) is 0.362. The first-order valence-corrected chi connectivity index (χ1v) is 7.30. The zero-order valence-electron chi connectivity index (χ0n) is 11.3. The molecule has 0 spiro atoms. The second kappa shape index (κ2) is 5.69. The Labute approximate surface area is 133 Å². The second-order valence-corrected chi connectivity index (χ2v) is 5.72. The van der Waals surface area contributed by atoms with E-state index in [2.05, 4.69) is 31.2 Å². The number of fused-ring (bicyclic) bond motifs is 1. The number of aromatic nitrogens is 2. The highest BCUT2D eigenvalue weighted by Gasteiger charge is 2.10. The largest absolute Gasteiger partial charge is 0.478 e. The number of carbonyl (C=O) groups is 1. The van der Waals surface area contributed by atoms with Crippen LogP contribution in [0.5, 0.6) is 0 Å². The number of carboxylic acids is 1. The quantitative estimate of drug-likeness (QED) is 0.574. The number of benzene rings is 2. The molecule has 0 aliphatic rings. The van der Waals surface area contributed by atoms with E-state index in [1.54, 1.807) is 30.3 Å². The third kappa shape index (κ3) is 2.89. The lowest BCUT2D eigenvalue weighted by atomic mass is 10.1. The standard InChI is InChI=1S/C15H12BrN3O3/c16-9-1-3-11(14(20)21)8(5-9)7-17-10-2-4-12-13(6-10)19-15(22)18-12/h1-6,17H,7H2,(H,20,21)(H2,18,19,22). The van der Waals surface area contributed by atoms with Crippen molar-refractivity contribution >= 4 is 38.6 Å². The van der Waals surface area contributed by atoms with Crippen LogP contribution in [0.4, 0.5) is 5.69 Å². The molecule has 7 heteroatoms. The average molecular weight is 362 g/mol. The molecule has 112 valence electrons. The van der Waals surface area contributed by atoms with E-state index in [-0.39, 0.29) is 11.3 Å². The fraction of sp³-hybridized carbons (Fsp3) is 0.0667. The summed E-state index contributed by atoms with van der Waals surface area (Å²) in [6, 6.07) is 10.4. The number of H-pyrrole nitrogens is 2. The number of imidazole rings is 1. The van der Waals surface area contributed by atoms with Crippen LogP contribution >= 0.6 is 15.9 Å². The van der Waals surface area contributed by atoms with Crippen molar-refractivity contribution in [2.45, 2.75) is 6.54 Å². The van der Waals surface area contributed by atoms with Crippen LogP contribution in [0.3, 0.4) is 0 Å². The Morgan fingerprint density at radius 2 is 1.91 bits per heavy atom. The van der Waals surface area contributed by atoms with Crippen LogP contribution in [-0.4, -0.2) is 21.0 Å². The highest BCUT2D eigenvalue weighted by molar-refractivity contribution is 9.10. The Balaban J connectivity index is 1.85. The van der Waals surface area contributed by atoms with Crippen LogP contribution in [0.15, 0.2) is 45.7 Å². The minimum absolute atomic E-state index is 0.256. The number of halogens is 1. The summed E-state index contributed by atoms with van der Waals surface area (Å²) in [5, 5.41) is 12.4. The Morgan fingerprint density at radius 1 is 1.14 bits per heavy atom. The van der Waals surface area contributed by atoms with E-state index in [0.717, 1.165) is 15.7 Å². The number of aromatic carboxylic acids is 1. The lowest BCUT2D eigenvalue weighted by Gasteiger charge is -2.10. The summed E-state index contributed by atoms with van der Waals surface area (Å²) in [7, 11) is 0. The molecule has 1 aromatic heterocycles. The molecule has 22 heavy (non-hydrogen) atoms. The van der Waals surface area contributed by atoms with Gasteiger partial charge in [-0.1, -0.05) is 15.9 Å². The normalized spacial score (nSPS) is 10.8. The summed E-state index contributed by atoms with van der Waals surface area (Å²) >= 11 is 3.34. The van der Waals surface area contributed by atoms with E-state index in [9.17, 15) is 14.7 Å². The number of hydrogen-bond donors (Lipinski definition) is 4. The highest BCUT2D eigenvalue weighted by Crippen LogP contribution is 2.20. The van der Waals surface area contributed by atoms with Crippen LogP contribution in [-0.2, 0) is 6.54 Å². The van der Waals surface area contributed by atoms with Crippen molar-refractivity contribution < 1.29 is 9.90 Å². The van der Waals surface area contributed by atoms with E-state index in [0.29, 0.717) is 17.6 Å². The van der Waals surface area contributed by atoms with E-state index < -0.39 is 5.97 Å². The highest BCUT2D eigenvalue weighted by atomic mass is 79.9. The first kappa shape index (κ1) is 14.4. The Hall–Kier alpha value is -2.54. The van der Waals surface area contributed by atoms with Crippen LogP contribution in [0.2, 0.25) is 0 Å². The van der Waals surface area contributed by atoms with Crippen molar-refractivity contribution in [2.75, 3.05) is 5.32 Å². The predicted octanol–water partition coefficient (Wildman–Crippen LogP) is 2.93. The first-order chi connectivity index (χ1) is 10.5. The molecule has 0 amide bonds. The van der Waals surface area contributed by atoms with Gasteiger partial charge in [0.1, 0.15) is 0 Å². The summed E-state index contributed by atoms with van der Waals surface area (Å²) < 4.78 is 0.819. The van der Waals surface area contributed by atoms with Gasteiger partial charge in [0.25, 0.3) is 0 Å². The molecule has 0 aliphatic heterocycles. The molecular weight excluding hydrogens is 350 g/mol. The zero-order valence-corrected chi connectivity index (χ0v) is 12.9. The molecule has 0 saturated carbocycles. The molecule has 4 N–H and O–H groups in total. The van der Waals surface area contributed by atoms with Gasteiger partial charge in [0.15, 0.2) is 0 Å². The first-order valence-electron chi connectivity index (χ1n) is 6.50. The smallest absolute Gasteiger partial charge is 0.336 e. The number of rotatable bonds is 4.